The average molecular weight is 381 g/mol. The molecule has 2 amide bonds. The van der Waals surface area contributed by atoms with Crippen LogP contribution in [0, 0.1) is 5.41 Å². The van der Waals surface area contributed by atoms with E-state index < -0.39 is 0 Å². The molecule has 26 heavy (non-hydrogen) atoms. The second-order valence-corrected chi connectivity index (χ2v) is 7.81. The SMILES string of the molecule is CC1(C)CN(CC(=O)Nc2ccccc2N2CCCC2=O)CCC1N.Cl. The molecule has 1 unspecified atom stereocenters. The average Bonchev–Trinajstić information content (AvgIpc) is 2.97. The monoisotopic (exact) mass is 380 g/mol. The summed E-state index contributed by atoms with van der Waals surface area (Å²) in [4.78, 5) is 28.5. The van der Waals surface area contributed by atoms with Gasteiger partial charge in [0, 0.05) is 32.1 Å². The van der Waals surface area contributed by atoms with E-state index in [1.54, 1.807) is 4.90 Å². The first-order chi connectivity index (χ1) is 11.9. The van der Waals surface area contributed by atoms with Gasteiger partial charge in [0.25, 0.3) is 0 Å². The first-order valence-corrected chi connectivity index (χ1v) is 9.04. The lowest BCUT2D eigenvalue weighted by atomic mass is 9.80. The van der Waals surface area contributed by atoms with Crippen molar-refractivity contribution in [3.05, 3.63) is 24.3 Å². The minimum atomic E-state index is -0.0506. The van der Waals surface area contributed by atoms with Crippen LogP contribution in [0.3, 0.4) is 0 Å². The number of rotatable bonds is 4. The van der Waals surface area contributed by atoms with E-state index in [0.29, 0.717) is 25.2 Å². The Bertz CT molecular complexity index is 665. The van der Waals surface area contributed by atoms with Gasteiger partial charge in [0.15, 0.2) is 0 Å². The summed E-state index contributed by atoms with van der Waals surface area (Å²) in [5.74, 6) is 0.0684. The van der Waals surface area contributed by atoms with Crippen molar-refractivity contribution in [2.75, 3.05) is 36.4 Å². The van der Waals surface area contributed by atoms with Crippen molar-refractivity contribution in [1.82, 2.24) is 4.90 Å². The molecule has 2 fully saturated rings. The second-order valence-electron chi connectivity index (χ2n) is 7.81. The molecule has 1 atom stereocenters. The molecule has 0 saturated carbocycles. The van der Waals surface area contributed by atoms with E-state index in [9.17, 15) is 9.59 Å². The van der Waals surface area contributed by atoms with Crippen LogP contribution >= 0.6 is 12.4 Å². The molecule has 0 aliphatic carbocycles. The molecule has 3 rings (SSSR count). The predicted octanol–water partition coefficient (Wildman–Crippen LogP) is 2.23. The van der Waals surface area contributed by atoms with Crippen LogP contribution in [0.2, 0.25) is 0 Å². The van der Waals surface area contributed by atoms with Crippen LogP contribution in [-0.4, -0.2) is 48.9 Å². The van der Waals surface area contributed by atoms with Gasteiger partial charge < -0.3 is 16.0 Å². The van der Waals surface area contributed by atoms with Gasteiger partial charge in [-0.05, 0) is 30.4 Å². The molecule has 0 radical (unpaired) electrons. The van der Waals surface area contributed by atoms with Crippen molar-refractivity contribution in [3.8, 4) is 0 Å². The summed E-state index contributed by atoms with van der Waals surface area (Å²) < 4.78 is 0. The molecule has 144 valence electrons. The molecule has 0 bridgehead atoms. The number of carbonyl (C=O) groups excluding carboxylic acids is 2. The Morgan fingerprint density at radius 2 is 2.04 bits per heavy atom. The zero-order valence-corrected chi connectivity index (χ0v) is 16.3. The fourth-order valence-corrected chi connectivity index (χ4v) is 3.73. The number of hydrogen-bond acceptors (Lipinski definition) is 4. The van der Waals surface area contributed by atoms with Crippen molar-refractivity contribution in [1.29, 1.82) is 0 Å². The molecule has 2 aliphatic heterocycles. The summed E-state index contributed by atoms with van der Waals surface area (Å²) in [7, 11) is 0. The largest absolute Gasteiger partial charge is 0.327 e. The maximum atomic E-state index is 12.5. The number of nitrogens with zero attached hydrogens (tertiary/aromatic N) is 2. The third-order valence-corrected chi connectivity index (χ3v) is 5.30. The van der Waals surface area contributed by atoms with Gasteiger partial charge in [-0.3, -0.25) is 14.5 Å². The molecular formula is C19H29ClN4O2. The lowest BCUT2D eigenvalue weighted by Gasteiger charge is -2.42. The topological polar surface area (TPSA) is 78.7 Å². The Labute approximate surface area is 161 Å². The zero-order valence-electron chi connectivity index (χ0n) is 15.5. The number of benzene rings is 1. The zero-order chi connectivity index (χ0) is 18.0. The molecule has 2 saturated heterocycles. The fourth-order valence-electron chi connectivity index (χ4n) is 3.73. The molecule has 2 aliphatic rings. The summed E-state index contributed by atoms with van der Waals surface area (Å²) in [6, 6.07) is 7.69. The third kappa shape index (κ3) is 4.55. The van der Waals surface area contributed by atoms with Gasteiger partial charge in [-0.25, -0.2) is 0 Å². The van der Waals surface area contributed by atoms with Gasteiger partial charge in [-0.1, -0.05) is 26.0 Å². The van der Waals surface area contributed by atoms with Gasteiger partial charge in [0.1, 0.15) is 0 Å². The number of para-hydroxylation sites is 2. The van der Waals surface area contributed by atoms with Crippen molar-refractivity contribution >= 4 is 35.6 Å². The van der Waals surface area contributed by atoms with Crippen molar-refractivity contribution in [2.24, 2.45) is 11.1 Å². The summed E-state index contributed by atoms with van der Waals surface area (Å²) in [5.41, 5.74) is 7.67. The number of amides is 2. The molecule has 6 nitrogen and oxygen atoms in total. The molecule has 0 spiro atoms. The molecule has 7 heteroatoms. The Kier molecular flexibility index (Phi) is 6.66. The predicted molar refractivity (Wildman–Crippen MR) is 107 cm³/mol. The number of nitrogens with one attached hydrogen (secondary N) is 1. The summed E-state index contributed by atoms with van der Waals surface area (Å²) in [6.07, 6.45) is 2.34. The van der Waals surface area contributed by atoms with Crippen molar-refractivity contribution < 1.29 is 9.59 Å². The first-order valence-electron chi connectivity index (χ1n) is 9.04. The van der Waals surface area contributed by atoms with Crippen LogP contribution in [0.15, 0.2) is 24.3 Å². The lowest BCUT2D eigenvalue weighted by molar-refractivity contribution is -0.118. The number of hydrogen-bond donors (Lipinski definition) is 2. The van der Waals surface area contributed by atoms with Crippen LogP contribution in [0.4, 0.5) is 11.4 Å². The fraction of sp³-hybridized carbons (Fsp3) is 0.579. The first kappa shape index (κ1) is 20.7. The third-order valence-electron chi connectivity index (χ3n) is 5.30. The highest BCUT2D eigenvalue weighted by molar-refractivity contribution is 6.02. The van der Waals surface area contributed by atoms with Crippen LogP contribution < -0.4 is 16.0 Å². The smallest absolute Gasteiger partial charge is 0.238 e. The van der Waals surface area contributed by atoms with E-state index >= 15 is 0 Å². The number of carbonyl (C=O) groups is 2. The molecule has 1 aromatic carbocycles. The Morgan fingerprint density at radius 1 is 1.31 bits per heavy atom. The van der Waals surface area contributed by atoms with E-state index in [2.05, 4.69) is 24.1 Å². The highest BCUT2D eigenvalue weighted by atomic mass is 35.5. The van der Waals surface area contributed by atoms with Crippen LogP contribution in [-0.2, 0) is 9.59 Å². The quantitative estimate of drug-likeness (QED) is 0.839. The number of likely N-dealkylation sites (tertiary alicyclic amines) is 1. The molecule has 3 N–H and O–H groups in total. The number of halogens is 1. The van der Waals surface area contributed by atoms with E-state index in [-0.39, 0.29) is 35.7 Å². The summed E-state index contributed by atoms with van der Waals surface area (Å²) in [6.45, 7) is 7.01. The van der Waals surface area contributed by atoms with Crippen LogP contribution in [0.1, 0.15) is 33.1 Å². The number of piperidine rings is 1. The van der Waals surface area contributed by atoms with Crippen LogP contribution in [0.25, 0.3) is 0 Å². The van der Waals surface area contributed by atoms with E-state index in [1.807, 2.05) is 24.3 Å². The highest BCUT2D eigenvalue weighted by Crippen LogP contribution is 2.30. The molecular weight excluding hydrogens is 352 g/mol. The van der Waals surface area contributed by atoms with Gasteiger partial charge in [-0.15, -0.1) is 12.4 Å². The van der Waals surface area contributed by atoms with Gasteiger partial charge in [-0.2, -0.15) is 0 Å². The van der Waals surface area contributed by atoms with Gasteiger partial charge >= 0.3 is 0 Å². The van der Waals surface area contributed by atoms with Crippen LogP contribution in [0.5, 0.6) is 0 Å². The molecule has 1 aromatic rings. The van der Waals surface area contributed by atoms with Gasteiger partial charge in [0.05, 0.1) is 17.9 Å². The van der Waals surface area contributed by atoms with E-state index in [4.69, 9.17) is 5.73 Å². The standard InChI is InChI=1S/C19H28N4O2.ClH/c1-19(2)13-22(11-9-16(19)20)12-17(24)21-14-6-3-4-7-15(14)23-10-5-8-18(23)25;/h3-4,6-7,16H,5,8-13,20H2,1-2H3,(H,21,24);1H. The minimum absolute atomic E-state index is 0. The Morgan fingerprint density at radius 3 is 2.69 bits per heavy atom. The maximum Gasteiger partial charge on any atom is 0.238 e. The number of nitrogens with two attached hydrogens (primary N) is 1. The molecule has 0 aromatic heterocycles. The normalized spacial score (nSPS) is 22.8. The second kappa shape index (κ2) is 8.37. The molecule has 2 heterocycles. The highest BCUT2D eigenvalue weighted by Gasteiger charge is 2.34. The Balaban J connectivity index is 0.00000243. The minimum Gasteiger partial charge on any atom is -0.327 e. The van der Waals surface area contributed by atoms with Crippen molar-refractivity contribution in [2.45, 2.75) is 39.2 Å². The Hall–Kier alpha value is -1.63. The van der Waals surface area contributed by atoms with E-state index in [0.717, 1.165) is 31.6 Å². The maximum absolute atomic E-state index is 12.5. The lowest BCUT2D eigenvalue weighted by Crippen LogP contribution is -2.53. The van der Waals surface area contributed by atoms with Crippen molar-refractivity contribution in [3.63, 3.8) is 0 Å². The number of anilines is 2. The summed E-state index contributed by atoms with van der Waals surface area (Å²) >= 11 is 0. The van der Waals surface area contributed by atoms with E-state index in [1.165, 1.54) is 0 Å². The summed E-state index contributed by atoms with van der Waals surface area (Å²) in [5, 5.41) is 2.99. The van der Waals surface area contributed by atoms with Gasteiger partial charge in [0.2, 0.25) is 11.8 Å².